The van der Waals surface area contributed by atoms with E-state index in [-0.39, 0.29) is 6.42 Å². The van der Waals surface area contributed by atoms with Crippen LogP contribution < -0.4 is 0 Å². The van der Waals surface area contributed by atoms with Gasteiger partial charge in [0.15, 0.2) is 5.82 Å². The lowest BCUT2D eigenvalue weighted by atomic mass is 10.1. The van der Waals surface area contributed by atoms with Crippen molar-refractivity contribution in [2.24, 2.45) is 5.92 Å². The summed E-state index contributed by atoms with van der Waals surface area (Å²) in [7, 11) is 0. The van der Waals surface area contributed by atoms with Gasteiger partial charge in [-0.15, -0.1) is 5.10 Å². The standard InChI is InChI=1S/C11H15N5O3/c1-7(2)3-10-12-9(14-19-10)6-16-5-8(13-15-16)4-11(17)18/h5,7H,3-4,6H2,1-2H3,(H,17,18). The number of carboxylic acids is 1. The molecular formula is C11H15N5O3. The van der Waals surface area contributed by atoms with Crippen molar-refractivity contribution < 1.29 is 14.4 Å². The maximum atomic E-state index is 10.5. The van der Waals surface area contributed by atoms with Crippen molar-refractivity contribution in [3.63, 3.8) is 0 Å². The fourth-order valence-corrected chi connectivity index (χ4v) is 1.58. The normalized spacial score (nSPS) is 11.1. The first kappa shape index (κ1) is 13.2. The summed E-state index contributed by atoms with van der Waals surface area (Å²) in [6.45, 7) is 4.45. The minimum Gasteiger partial charge on any atom is -0.481 e. The van der Waals surface area contributed by atoms with Crippen molar-refractivity contribution in [2.75, 3.05) is 0 Å². The third kappa shape index (κ3) is 3.87. The molecule has 0 bridgehead atoms. The smallest absolute Gasteiger partial charge is 0.309 e. The monoisotopic (exact) mass is 265 g/mol. The maximum absolute atomic E-state index is 10.5. The van der Waals surface area contributed by atoms with Gasteiger partial charge < -0.3 is 9.63 Å². The molecule has 0 saturated carbocycles. The van der Waals surface area contributed by atoms with Crippen LogP contribution in [0.25, 0.3) is 0 Å². The summed E-state index contributed by atoms with van der Waals surface area (Å²) in [6, 6.07) is 0. The topological polar surface area (TPSA) is 107 Å². The summed E-state index contributed by atoms with van der Waals surface area (Å²) in [4.78, 5) is 14.8. The summed E-state index contributed by atoms with van der Waals surface area (Å²) in [6.07, 6.45) is 2.14. The van der Waals surface area contributed by atoms with E-state index >= 15 is 0 Å². The fourth-order valence-electron chi connectivity index (χ4n) is 1.58. The molecule has 0 unspecified atom stereocenters. The third-order valence-corrected chi connectivity index (χ3v) is 2.31. The molecule has 0 saturated heterocycles. The second kappa shape index (κ2) is 5.59. The molecule has 2 rings (SSSR count). The summed E-state index contributed by atoms with van der Waals surface area (Å²) >= 11 is 0. The largest absolute Gasteiger partial charge is 0.481 e. The molecule has 0 radical (unpaired) electrons. The zero-order valence-electron chi connectivity index (χ0n) is 10.8. The fraction of sp³-hybridized carbons (Fsp3) is 0.545. The van der Waals surface area contributed by atoms with Crippen molar-refractivity contribution >= 4 is 5.97 Å². The molecule has 0 aliphatic carbocycles. The molecule has 0 aliphatic rings. The average molecular weight is 265 g/mol. The van der Waals surface area contributed by atoms with E-state index in [1.165, 1.54) is 4.68 Å². The Labute approximate surface area is 109 Å². The van der Waals surface area contributed by atoms with Crippen LogP contribution >= 0.6 is 0 Å². The minimum atomic E-state index is -0.939. The lowest BCUT2D eigenvalue weighted by Crippen LogP contribution is -2.03. The van der Waals surface area contributed by atoms with Crippen molar-refractivity contribution in [1.82, 2.24) is 25.1 Å². The molecule has 2 heterocycles. The highest BCUT2D eigenvalue weighted by molar-refractivity contribution is 5.69. The summed E-state index contributed by atoms with van der Waals surface area (Å²) in [5.41, 5.74) is 0.401. The van der Waals surface area contributed by atoms with Crippen molar-refractivity contribution in [3.8, 4) is 0 Å². The van der Waals surface area contributed by atoms with Gasteiger partial charge in [0.05, 0.1) is 12.1 Å². The number of aromatic nitrogens is 5. The maximum Gasteiger partial charge on any atom is 0.309 e. The van der Waals surface area contributed by atoms with Gasteiger partial charge in [-0.2, -0.15) is 4.98 Å². The van der Waals surface area contributed by atoms with Crippen LogP contribution in [0.5, 0.6) is 0 Å². The predicted molar refractivity (Wildman–Crippen MR) is 63.3 cm³/mol. The van der Waals surface area contributed by atoms with Crippen LogP contribution in [0.1, 0.15) is 31.3 Å². The number of nitrogens with zero attached hydrogens (tertiary/aromatic N) is 5. The molecule has 0 spiro atoms. The van der Waals surface area contributed by atoms with E-state index in [0.717, 1.165) is 6.42 Å². The van der Waals surface area contributed by atoms with E-state index in [0.29, 0.717) is 29.9 Å². The Bertz CT molecular complexity index is 560. The Hall–Kier alpha value is -2.25. The molecule has 0 amide bonds. The molecule has 1 N–H and O–H groups in total. The Morgan fingerprint density at radius 3 is 3.00 bits per heavy atom. The van der Waals surface area contributed by atoms with Gasteiger partial charge in [0.1, 0.15) is 6.54 Å². The molecule has 0 aromatic carbocycles. The number of hydrogen-bond donors (Lipinski definition) is 1. The average Bonchev–Trinajstić information content (AvgIpc) is 2.88. The van der Waals surface area contributed by atoms with Gasteiger partial charge in [-0.25, -0.2) is 4.68 Å². The van der Waals surface area contributed by atoms with Crippen LogP contribution in [0.4, 0.5) is 0 Å². The second-order valence-corrected chi connectivity index (χ2v) is 4.68. The van der Waals surface area contributed by atoms with E-state index in [4.69, 9.17) is 9.63 Å². The number of hydrogen-bond acceptors (Lipinski definition) is 6. The predicted octanol–water partition coefficient (Wildman–Crippen LogP) is 0.535. The molecular weight excluding hydrogens is 250 g/mol. The van der Waals surface area contributed by atoms with Gasteiger partial charge in [-0.05, 0) is 5.92 Å². The lowest BCUT2D eigenvalue weighted by molar-refractivity contribution is -0.136. The number of carbonyl (C=O) groups is 1. The number of aliphatic carboxylic acids is 1. The van der Waals surface area contributed by atoms with Crippen molar-refractivity contribution in [1.29, 1.82) is 0 Å². The first-order valence-electron chi connectivity index (χ1n) is 5.95. The van der Waals surface area contributed by atoms with Gasteiger partial charge >= 0.3 is 5.97 Å². The van der Waals surface area contributed by atoms with Gasteiger partial charge in [0.2, 0.25) is 5.89 Å². The molecule has 2 aromatic heterocycles. The van der Waals surface area contributed by atoms with Crippen molar-refractivity contribution in [3.05, 3.63) is 23.6 Å². The lowest BCUT2D eigenvalue weighted by Gasteiger charge is -1.96. The summed E-state index contributed by atoms with van der Waals surface area (Å²) in [5, 5.41) is 20.1. The highest BCUT2D eigenvalue weighted by Gasteiger charge is 2.10. The van der Waals surface area contributed by atoms with Gasteiger partial charge in [-0.1, -0.05) is 24.2 Å². The van der Waals surface area contributed by atoms with Crippen LogP contribution in [0.2, 0.25) is 0 Å². The van der Waals surface area contributed by atoms with Gasteiger partial charge in [0.25, 0.3) is 0 Å². The number of carboxylic acid groups (broad SMARTS) is 1. The van der Waals surface area contributed by atoms with Gasteiger partial charge in [-0.3, -0.25) is 4.79 Å². The zero-order valence-corrected chi connectivity index (χ0v) is 10.8. The summed E-state index contributed by atoms with van der Waals surface area (Å²) in [5.74, 6) is 0.603. The highest BCUT2D eigenvalue weighted by atomic mass is 16.5. The van der Waals surface area contributed by atoms with E-state index < -0.39 is 5.97 Å². The zero-order chi connectivity index (χ0) is 13.8. The first-order valence-corrected chi connectivity index (χ1v) is 5.95. The van der Waals surface area contributed by atoms with Crippen molar-refractivity contribution in [2.45, 2.75) is 33.2 Å². The summed E-state index contributed by atoms with van der Waals surface area (Å²) < 4.78 is 6.59. The Balaban J connectivity index is 1.98. The van der Waals surface area contributed by atoms with Crippen LogP contribution in [0.15, 0.2) is 10.7 Å². The molecule has 2 aromatic rings. The van der Waals surface area contributed by atoms with Crippen LogP contribution in [-0.4, -0.2) is 36.2 Å². The van der Waals surface area contributed by atoms with Crippen LogP contribution in [0.3, 0.4) is 0 Å². The molecule has 0 fully saturated rings. The molecule has 19 heavy (non-hydrogen) atoms. The third-order valence-electron chi connectivity index (χ3n) is 2.31. The Morgan fingerprint density at radius 1 is 1.53 bits per heavy atom. The SMILES string of the molecule is CC(C)Cc1nc(Cn2cc(CC(=O)O)nn2)no1. The van der Waals surface area contributed by atoms with E-state index in [1.54, 1.807) is 6.20 Å². The highest BCUT2D eigenvalue weighted by Crippen LogP contribution is 2.06. The van der Waals surface area contributed by atoms with E-state index in [1.807, 2.05) is 0 Å². The van der Waals surface area contributed by atoms with E-state index in [2.05, 4.69) is 34.3 Å². The molecule has 8 nitrogen and oxygen atoms in total. The first-order chi connectivity index (χ1) is 9.02. The second-order valence-electron chi connectivity index (χ2n) is 4.68. The molecule has 102 valence electrons. The van der Waals surface area contributed by atoms with Gasteiger partial charge in [0, 0.05) is 12.6 Å². The molecule has 8 heteroatoms. The minimum absolute atomic E-state index is 0.148. The van der Waals surface area contributed by atoms with Crippen LogP contribution in [-0.2, 0) is 24.2 Å². The Morgan fingerprint density at radius 2 is 2.32 bits per heavy atom. The number of rotatable bonds is 6. The molecule has 0 atom stereocenters. The van der Waals surface area contributed by atoms with Crippen LogP contribution in [0, 0.1) is 5.92 Å². The van der Waals surface area contributed by atoms with E-state index in [9.17, 15) is 4.79 Å². The quantitative estimate of drug-likeness (QED) is 0.811. The Kier molecular flexibility index (Phi) is 3.88. The molecule has 0 aliphatic heterocycles.